The standard InChI is InChI=1S/C8H7ClN2S/c1-11-8(9)7(4-10-11)6-2-3-12-5-6/h2-5H,1H3. The topological polar surface area (TPSA) is 17.8 Å². The van der Waals surface area contributed by atoms with E-state index in [1.165, 1.54) is 0 Å². The molecule has 0 aliphatic rings. The van der Waals surface area contributed by atoms with Gasteiger partial charge in [0.05, 0.1) is 6.20 Å². The van der Waals surface area contributed by atoms with Crippen molar-refractivity contribution in [3.05, 3.63) is 28.2 Å². The first-order valence-electron chi connectivity index (χ1n) is 3.49. The van der Waals surface area contributed by atoms with Crippen LogP contribution in [-0.2, 0) is 7.05 Å². The van der Waals surface area contributed by atoms with Crippen molar-refractivity contribution < 1.29 is 0 Å². The van der Waals surface area contributed by atoms with Crippen molar-refractivity contribution in [3.8, 4) is 11.1 Å². The summed E-state index contributed by atoms with van der Waals surface area (Å²) in [4.78, 5) is 0. The molecule has 0 fully saturated rings. The Morgan fingerprint density at radius 2 is 2.42 bits per heavy atom. The third kappa shape index (κ3) is 1.15. The molecule has 0 unspecified atom stereocenters. The van der Waals surface area contributed by atoms with Gasteiger partial charge in [-0.1, -0.05) is 11.6 Å². The molecule has 0 aromatic carbocycles. The van der Waals surface area contributed by atoms with Gasteiger partial charge in [0, 0.05) is 12.6 Å². The van der Waals surface area contributed by atoms with Gasteiger partial charge in [0.2, 0.25) is 0 Å². The molecule has 2 rings (SSSR count). The van der Waals surface area contributed by atoms with E-state index in [0.29, 0.717) is 5.15 Å². The van der Waals surface area contributed by atoms with Gasteiger partial charge in [-0.25, -0.2) is 0 Å². The van der Waals surface area contributed by atoms with E-state index in [-0.39, 0.29) is 0 Å². The fraction of sp³-hybridized carbons (Fsp3) is 0.125. The van der Waals surface area contributed by atoms with Crippen LogP contribution in [0.4, 0.5) is 0 Å². The fourth-order valence-electron chi connectivity index (χ4n) is 1.03. The van der Waals surface area contributed by atoms with E-state index in [1.54, 1.807) is 22.2 Å². The van der Waals surface area contributed by atoms with E-state index in [4.69, 9.17) is 11.6 Å². The average Bonchev–Trinajstić information content (AvgIpc) is 2.64. The summed E-state index contributed by atoms with van der Waals surface area (Å²) in [7, 11) is 1.83. The lowest BCUT2D eigenvalue weighted by Crippen LogP contribution is -1.87. The highest BCUT2D eigenvalue weighted by Gasteiger charge is 2.07. The number of halogens is 1. The summed E-state index contributed by atoms with van der Waals surface area (Å²) < 4.78 is 1.66. The lowest BCUT2D eigenvalue weighted by Gasteiger charge is -1.93. The van der Waals surface area contributed by atoms with Gasteiger partial charge in [0.1, 0.15) is 5.15 Å². The van der Waals surface area contributed by atoms with Crippen LogP contribution in [0.25, 0.3) is 11.1 Å². The molecule has 0 aliphatic carbocycles. The Morgan fingerprint density at radius 3 is 2.92 bits per heavy atom. The molecule has 2 aromatic heterocycles. The summed E-state index contributed by atoms with van der Waals surface area (Å²) in [5, 5.41) is 8.83. The number of hydrogen-bond acceptors (Lipinski definition) is 2. The van der Waals surface area contributed by atoms with Crippen molar-refractivity contribution in [3.63, 3.8) is 0 Å². The summed E-state index contributed by atoms with van der Waals surface area (Å²) in [5.74, 6) is 0. The third-order valence-electron chi connectivity index (χ3n) is 1.70. The molecule has 2 heterocycles. The molecular weight excluding hydrogens is 192 g/mol. The number of aryl methyl sites for hydroxylation is 1. The molecule has 2 aromatic rings. The van der Waals surface area contributed by atoms with Crippen molar-refractivity contribution in [2.75, 3.05) is 0 Å². The number of thiophene rings is 1. The van der Waals surface area contributed by atoms with Gasteiger partial charge in [0.25, 0.3) is 0 Å². The van der Waals surface area contributed by atoms with E-state index in [9.17, 15) is 0 Å². The molecule has 62 valence electrons. The molecule has 0 spiro atoms. The van der Waals surface area contributed by atoms with Crippen molar-refractivity contribution in [1.29, 1.82) is 0 Å². The van der Waals surface area contributed by atoms with E-state index < -0.39 is 0 Å². The molecule has 2 nitrogen and oxygen atoms in total. The first kappa shape index (κ1) is 7.83. The first-order valence-corrected chi connectivity index (χ1v) is 4.81. The summed E-state index contributed by atoms with van der Waals surface area (Å²) >= 11 is 7.66. The lowest BCUT2D eigenvalue weighted by molar-refractivity contribution is 0.769. The van der Waals surface area contributed by atoms with Crippen LogP contribution in [0.5, 0.6) is 0 Å². The van der Waals surface area contributed by atoms with Crippen LogP contribution in [0.3, 0.4) is 0 Å². The molecular formula is C8H7ClN2S. The molecule has 0 saturated heterocycles. The summed E-state index contributed by atoms with van der Waals surface area (Å²) in [6.07, 6.45) is 1.78. The Morgan fingerprint density at radius 1 is 1.58 bits per heavy atom. The molecule has 0 N–H and O–H groups in total. The second-order valence-electron chi connectivity index (χ2n) is 2.48. The van der Waals surface area contributed by atoms with E-state index in [1.807, 2.05) is 18.5 Å². The zero-order chi connectivity index (χ0) is 8.55. The predicted octanol–water partition coefficient (Wildman–Crippen LogP) is 2.80. The summed E-state index contributed by atoms with van der Waals surface area (Å²) in [5.41, 5.74) is 2.14. The average molecular weight is 199 g/mol. The minimum Gasteiger partial charge on any atom is -0.256 e. The largest absolute Gasteiger partial charge is 0.256 e. The molecule has 12 heavy (non-hydrogen) atoms. The van der Waals surface area contributed by atoms with Gasteiger partial charge in [-0.15, -0.1) is 0 Å². The summed E-state index contributed by atoms with van der Waals surface area (Å²) in [6.45, 7) is 0. The van der Waals surface area contributed by atoms with Gasteiger partial charge in [-0.2, -0.15) is 16.4 Å². The maximum Gasteiger partial charge on any atom is 0.134 e. The van der Waals surface area contributed by atoms with Gasteiger partial charge < -0.3 is 0 Å². The van der Waals surface area contributed by atoms with Crippen LogP contribution in [0.1, 0.15) is 0 Å². The number of hydrogen-bond donors (Lipinski definition) is 0. The van der Waals surface area contributed by atoms with Crippen LogP contribution in [0.15, 0.2) is 23.0 Å². The number of aromatic nitrogens is 2. The highest BCUT2D eigenvalue weighted by Crippen LogP contribution is 2.28. The zero-order valence-corrected chi connectivity index (χ0v) is 8.06. The van der Waals surface area contributed by atoms with Crippen LogP contribution in [-0.4, -0.2) is 9.78 Å². The van der Waals surface area contributed by atoms with E-state index in [0.717, 1.165) is 11.1 Å². The number of rotatable bonds is 1. The molecule has 0 bridgehead atoms. The monoisotopic (exact) mass is 198 g/mol. The second kappa shape index (κ2) is 2.92. The molecule has 0 radical (unpaired) electrons. The zero-order valence-electron chi connectivity index (χ0n) is 6.49. The molecule has 0 atom stereocenters. The van der Waals surface area contributed by atoms with Crippen LogP contribution in [0.2, 0.25) is 5.15 Å². The second-order valence-corrected chi connectivity index (χ2v) is 3.62. The van der Waals surface area contributed by atoms with E-state index in [2.05, 4.69) is 10.5 Å². The van der Waals surface area contributed by atoms with Gasteiger partial charge in [-0.3, -0.25) is 4.68 Å². The quantitative estimate of drug-likeness (QED) is 0.689. The predicted molar refractivity (Wildman–Crippen MR) is 51.5 cm³/mol. The number of nitrogens with zero attached hydrogens (tertiary/aromatic N) is 2. The Balaban J connectivity index is 2.55. The third-order valence-corrected chi connectivity index (χ3v) is 2.83. The minimum atomic E-state index is 0.688. The van der Waals surface area contributed by atoms with Crippen molar-refractivity contribution in [2.45, 2.75) is 0 Å². The smallest absolute Gasteiger partial charge is 0.134 e. The SMILES string of the molecule is Cn1ncc(-c2ccsc2)c1Cl. The molecule has 4 heteroatoms. The van der Waals surface area contributed by atoms with E-state index >= 15 is 0 Å². The van der Waals surface area contributed by atoms with Gasteiger partial charge >= 0.3 is 0 Å². The molecule has 0 saturated carbocycles. The lowest BCUT2D eigenvalue weighted by atomic mass is 10.2. The van der Waals surface area contributed by atoms with Crippen molar-refractivity contribution in [1.82, 2.24) is 9.78 Å². The Labute approximate surface area is 79.4 Å². The van der Waals surface area contributed by atoms with Crippen LogP contribution < -0.4 is 0 Å². The van der Waals surface area contributed by atoms with Gasteiger partial charge in [-0.05, 0) is 22.4 Å². The highest BCUT2D eigenvalue weighted by molar-refractivity contribution is 7.08. The van der Waals surface area contributed by atoms with Crippen molar-refractivity contribution >= 4 is 22.9 Å². The maximum absolute atomic E-state index is 6.01. The molecule has 0 amide bonds. The Hall–Kier alpha value is -0.800. The highest BCUT2D eigenvalue weighted by atomic mass is 35.5. The molecule has 0 aliphatic heterocycles. The normalized spacial score (nSPS) is 10.5. The van der Waals surface area contributed by atoms with Gasteiger partial charge in [0.15, 0.2) is 0 Å². The van der Waals surface area contributed by atoms with Crippen LogP contribution >= 0.6 is 22.9 Å². The Bertz CT molecular complexity index is 378. The Kier molecular flexibility index (Phi) is 1.90. The van der Waals surface area contributed by atoms with Crippen molar-refractivity contribution in [2.24, 2.45) is 7.05 Å². The summed E-state index contributed by atoms with van der Waals surface area (Å²) in [6, 6.07) is 2.04. The first-order chi connectivity index (χ1) is 5.79. The minimum absolute atomic E-state index is 0.688. The van der Waals surface area contributed by atoms with Crippen LogP contribution in [0, 0.1) is 0 Å². The fourth-order valence-corrected chi connectivity index (χ4v) is 1.89. The maximum atomic E-state index is 6.01.